The minimum atomic E-state index is 0.171. The highest BCUT2D eigenvalue weighted by Gasteiger charge is 2.16. The molecule has 0 saturated carbocycles. The maximum absolute atomic E-state index is 6.30. The first-order valence-electron chi connectivity index (χ1n) is 6.59. The molecule has 1 aromatic carbocycles. The predicted molar refractivity (Wildman–Crippen MR) is 87.1 cm³/mol. The van der Waals surface area contributed by atoms with Crippen molar-refractivity contribution in [3.63, 3.8) is 0 Å². The maximum atomic E-state index is 6.30. The van der Waals surface area contributed by atoms with Crippen LogP contribution in [0.5, 0.6) is 0 Å². The third-order valence-electron chi connectivity index (χ3n) is 3.67. The monoisotopic (exact) mass is 355 g/mol. The lowest BCUT2D eigenvalue weighted by atomic mass is 10.0. The molecule has 0 aliphatic rings. The van der Waals surface area contributed by atoms with Crippen molar-refractivity contribution in [2.45, 2.75) is 32.9 Å². The highest BCUT2D eigenvalue weighted by molar-refractivity contribution is 9.10. The number of aromatic nitrogens is 2. The van der Waals surface area contributed by atoms with Crippen LogP contribution in [0.2, 0.25) is 5.02 Å². The van der Waals surface area contributed by atoms with E-state index in [2.05, 4.69) is 47.1 Å². The van der Waals surface area contributed by atoms with Gasteiger partial charge in [-0.05, 0) is 38.5 Å². The van der Waals surface area contributed by atoms with Gasteiger partial charge < -0.3 is 5.32 Å². The van der Waals surface area contributed by atoms with Crippen molar-refractivity contribution in [3.05, 3.63) is 50.7 Å². The van der Waals surface area contributed by atoms with E-state index in [9.17, 15) is 0 Å². The first-order valence-corrected chi connectivity index (χ1v) is 7.76. The van der Waals surface area contributed by atoms with E-state index in [4.69, 9.17) is 11.6 Å². The van der Waals surface area contributed by atoms with E-state index in [0.29, 0.717) is 0 Å². The number of hydrogen-bond donors (Lipinski definition) is 1. The van der Waals surface area contributed by atoms with Crippen molar-refractivity contribution >= 4 is 27.5 Å². The molecule has 1 N–H and O–H groups in total. The molecule has 2 rings (SSSR count). The van der Waals surface area contributed by atoms with Gasteiger partial charge in [0.1, 0.15) is 0 Å². The molecule has 0 amide bonds. The largest absolute Gasteiger partial charge is 0.303 e. The number of halogens is 2. The van der Waals surface area contributed by atoms with Gasteiger partial charge in [0.25, 0.3) is 0 Å². The van der Waals surface area contributed by atoms with E-state index in [1.165, 1.54) is 11.3 Å². The first-order chi connectivity index (χ1) is 9.40. The predicted octanol–water partition coefficient (Wildman–Crippen LogP) is 4.56. The van der Waals surface area contributed by atoms with Crippen LogP contribution >= 0.6 is 27.5 Å². The summed E-state index contributed by atoms with van der Waals surface area (Å²) in [5, 5.41) is 8.64. The summed E-state index contributed by atoms with van der Waals surface area (Å²) >= 11 is 9.73. The second-order valence-corrected chi connectivity index (χ2v) is 6.41. The van der Waals surface area contributed by atoms with Crippen molar-refractivity contribution in [1.29, 1.82) is 0 Å². The molecule has 0 spiro atoms. The van der Waals surface area contributed by atoms with Crippen molar-refractivity contribution in [2.75, 3.05) is 0 Å². The fourth-order valence-electron chi connectivity index (χ4n) is 2.35. The van der Waals surface area contributed by atoms with Crippen molar-refractivity contribution in [2.24, 2.45) is 7.05 Å². The van der Waals surface area contributed by atoms with E-state index in [1.54, 1.807) is 0 Å². The Morgan fingerprint density at radius 2 is 1.90 bits per heavy atom. The number of nitrogens with one attached hydrogen (secondary N) is 1. The minimum absolute atomic E-state index is 0.171. The molecule has 1 heterocycles. The van der Waals surface area contributed by atoms with E-state index < -0.39 is 0 Å². The summed E-state index contributed by atoms with van der Waals surface area (Å²) in [6.45, 7) is 6.35. The zero-order valence-electron chi connectivity index (χ0n) is 12.1. The molecular weight excluding hydrogens is 338 g/mol. The topological polar surface area (TPSA) is 29.9 Å². The van der Waals surface area contributed by atoms with E-state index >= 15 is 0 Å². The first kappa shape index (κ1) is 15.5. The Labute approximate surface area is 133 Å². The van der Waals surface area contributed by atoms with E-state index in [1.807, 2.05) is 36.1 Å². The van der Waals surface area contributed by atoms with Crippen LogP contribution in [0, 0.1) is 6.92 Å². The number of aryl methyl sites for hydroxylation is 1. The summed E-state index contributed by atoms with van der Waals surface area (Å²) in [7, 11) is 1.96. The molecular formula is C15H19BrClN3. The lowest BCUT2D eigenvalue weighted by molar-refractivity contribution is 0.492. The second-order valence-electron chi connectivity index (χ2n) is 5.08. The summed E-state index contributed by atoms with van der Waals surface area (Å²) in [5.74, 6) is 0. The molecule has 0 aliphatic carbocycles. The van der Waals surface area contributed by atoms with Gasteiger partial charge in [0, 0.05) is 39.9 Å². The minimum Gasteiger partial charge on any atom is -0.303 e. The van der Waals surface area contributed by atoms with Crippen LogP contribution in [0.15, 0.2) is 28.9 Å². The molecule has 3 nitrogen and oxygen atoms in total. The van der Waals surface area contributed by atoms with Gasteiger partial charge in [-0.25, -0.2) is 0 Å². The smallest absolute Gasteiger partial charge is 0.0540 e. The van der Waals surface area contributed by atoms with E-state index in [-0.39, 0.29) is 12.1 Å². The lowest BCUT2D eigenvalue weighted by Gasteiger charge is -2.21. The van der Waals surface area contributed by atoms with Crippen LogP contribution in [0.3, 0.4) is 0 Å². The number of benzene rings is 1. The van der Waals surface area contributed by atoms with E-state index in [0.717, 1.165) is 15.1 Å². The number of nitrogens with zero attached hydrogens (tertiary/aromatic N) is 2. The Morgan fingerprint density at radius 3 is 2.45 bits per heavy atom. The van der Waals surface area contributed by atoms with Gasteiger partial charge in [-0.1, -0.05) is 33.6 Å². The molecule has 1 aromatic heterocycles. The summed E-state index contributed by atoms with van der Waals surface area (Å²) in [6.07, 6.45) is 1.92. The molecule has 20 heavy (non-hydrogen) atoms. The highest BCUT2D eigenvalue weighted by Crippen LogP contribution is 2.28. The Morgan fingerprint density at radius 1 is 1.25 bits per heavy atom. The number of rotatable bonds is 4. The molecule has 0 saturated heterocycles. The zero-order chi connectivity index (χ0) is 14.9. The standard InChI is InChI=1S/C15H19BrClN3/c1-9(13-6-5-12(16)7-15(13)17)19-10(2)14-8-18-20(4)11(14)3/h5-10,19H,1-4H3. The summed E-state index contributed by atoms with van der Waals surface area (Å²) in [6, 6.07) is 6.38. The van der Waals surface area contributed by atoms with Gasteiger partial charge in [0.05, 0.1) is 6.20 Å². The van der Waals surface area contributed by atoms with Crippen molar-refractivity contribution in [3.8, 4) is 0 Å². The Hall–Kier alpha value is -0.840. The van der Waals surface area contributed by atoms with Crippen LogP contribution in [0.25, 0.3) is 0 Å². The summed E-state index contributed by atoms with van der Waals surface area (Å²) in [5.41, 5.74) is 3.50. The van der Waals surface area contributed by atoms with Crippen molar-refractivity contribution in [1.82, 2.24) is 15.1 Å². The van der Waals surface area contributed by atoms with Crippen LogP contribution in [0.1, 0.15) is 42.8 Å². The zero-order valence-corrected chi connectivity index (χ0v) is 14.5. The molecule has 108 valence electrons. The van der Waals surface area contributed by atoms with Gasteiger partial charge in [-0.2, -0.15) is 5.10 Å². The molecule has 5 heteroatoms. The maximum Gasteiger partial charge on any atom is 0.0540 e. The van der Waals surface area contributed by atoms with Crippen LogP contribution < -0.4 is 5.32 Å². The molecule has 0 bridgehead atoms. The highest BCUT2D eigenvalue weighted by atomic mass is 79.9. The SMILES string of the molecule is Cc1c(C(C)NC(C)c2ccc(Br)cc2Cl)cnn1C. The van der Waals surface area contributed by atoms with Gasteiger partial charge in [0.15, 0.2) is 0 Å². The third-order valence-corrected chi connectivity index (χ3v) is 4.49. The normalized spacial score (nSPS) is 14.3. The van der Waals surface area contributed by atoms with Gasteiger partial charge in [-0.3, -0.25) is 4.68 Å². The fourth-order valence-corrected chi connectivity index (χ4v) is 3.19. The fraction of sp³-hybridized carbons (Fsp3) is 0.400. The van der Waals surface area contributed by atoms with Gasteiger partial charge in [0.2, 0.25) is 0 Å². The Balaban J connectivity index is 2.15. The molecule has 0 radical (unpaired) electrons. The lowest BCUT2D eigenvalue weighted by Crippen LogP contribution is -2.23. The van der Waals surface area contributed by atoms with Crippen LogP contribution in [-0.4, -0.2) is 9.78 Å². The van der Waals surface area contributed by atoms with Crippen molar-refractivity contribution < 1.29 is 0 Å². The molecule has 0 aliphatic heterocycles. The van der Waals surface area contributed by atoms with Gasteiger partial charge in [-0.15, -0.1) is 0 Å². The quantitative estimate of drug-likeness (QED) is 0.870. The third kappa shape index (κ3) is 3.25. The van der Waals surface area contributed by atoms with Crippen LogP contribution in [0.4, 0.5) is 0 Å². The summed E-state index contributed by atoms with van der Waals surface area (Å²) < 4.78 is 2.89. The number of hydrogen-bond acceptors (Lipinski definition) is 2. The molecule has 2 unspecified atom stereocenters. The molecule has 0 fully saturated rings. The average molecular weight is 357 g/mol. The van der Waals surface area contributed by atoms with Crippen LogP contribution in [-0.2, 0) is 7.05 Å². The van der Waals surface area contributed by atoms with Gasteiger partial charge >= 0.3 is 0 Å². The molecule has 2 aromatic rings. The molecule has 2 atom stereocenters. The Kier molecular flexibility index (Phi) is 4.89. The summed E-state index contributed by atoms with van der Waals surface area (Å²) in [4.78, 5) is 0. The second kappa shape index (κ2) is 6.29. The Bertz CT molecular complexity index is 609. The average Bonchev–Trinajstić information content (AvgIpc) is 2.69.